The zero-order valence-corrected chi connectivity index (χ0v) is 14.5. The number of carbonyl (C=O) groups excluding carboxylic acids is 2. The van der Waals surface area contributed by atoms with Crippen molar-refractivity contribution in [2.75, 3.05) is 18.1 Å². The van der Waals surface area contributed by atoms with Crippen molar-refractivity contribution in [2.45, 2.75) is 18.9 Å². The number of hydrogen-bond acceptors (Lipinski definition) is 6. The van der Waals surface area contributed by atoms with Crippen LogP contribution in [0.2, 0.25) is 0 Å². The molecule has 1 N–H and O–H groups in total. The number of amides is 1. The minimum absolute atomic E-state index is 0.0462. The molecule has 0 saturated carbocycles. The van der Waals surface area contributed by atoms with Crippen LogP contribution in [0.25, 0.3) is 10.9 Å². The highest BCUT2D eigenvalue weighted by Crippen LogP contribution is 2.22. The molecule has 8 heteroatoms. The largest absolute Gasteiger partial charge is 0.451 e. The van der Waals surface area contributed by atoms with E-state index in [1.165, 1.54) is 6.07 Å². The predicted molar refractivity (Wildman–Crippen MR) is 91.8 cm³/mol. The SMILES string of the molecule is C[C@@]1(NC(=O)COC(=O)c2ccc3ccccc3n2)CCS(=O)(=O)C1. The molecule has 0 bridgehead atoms. The van der Waals surface area contributed by atoms with Crippen LogP contribution in [-0.2, 0) is 19.4 Å². The number of rotatable bonds is 4. The van der Waals surface area contributed by atoms with E-state index in [9.17, 15) is 18.0 Å². The number of nitrogens with zero attached hydrogens (tertiary/aromatic N) is 1. The van der Waals surface area contributed by atoms with Gasteiger partial charge in [0.25, 0.3) is 5.91 Å². The van der Waals surface area contributed by atoms with Crippen molar-refractivity contribution in [3.8, 4) is 0 Å². The summed E-state index contributed by atoms with van der Waals surface area (Å²) in [5.41, 5.74) is -0.0463. The second-order valence-corrected chi connectivity index (χ2v) is 8.60. The first kappa shape index (κ1) is 17.3. The molecule has 2 aromatic rings. The Bertz CT molecular complexity index is 941. The van der Waals surface area contributed by atoms with Gasteiger partial charge in [0.1, 0.15) is 5.69 Å². The van der Waals surface area contributed by atoms with Gasteiger partial charge in [-0.15, -0.1) is 0 Å². The number of hydrogen-bond donors (Lipinski definition) is 1. The number of aromatic nitrogens is 1. The van der Waals surface area contributed by atoms with E-state index in [-0.39, 0.29) is 17.2 Å². The van der Waals surface area contributed by atoms with Crippen LogP contribution in [0.3, 0.4) is 0 Å². The lowest BCUT2D eigenvalue weighted by Gasteiger charge is -2.23. The summed E-state index contributed by atoms with van der Waals surface area (Å²) in [5.74, 6) is -1.30. The van der Waals surface area contributed by atoms with Gasteiger partial charge < -0.3 is 10.1 Å². The van der Waals surface area contributed by atoms with Crippen LogP contribution in [0.4, 0.5) is 0 Å². The average molecular weight is 362 g/mol. The van der Waals surface area contributed by atoms with Gasteiger partial charge >= 0.3 is 5.97 Å². The zero-order valence-electron chi connectivity index (χ0n) is 13.7. The van der Waals surface area contributed by atoms with Gasteiger partial charge in [-0.05, 0) is 25.5 Å². The van der Waals surface area contributed by atoms with Crippen molar-refractivity contribution >= 4 is 32.6 Å². The Kier molecular flexibility index (Phi) is 4.47. The van der Waals surface area contributed by atoms with Crippen LogP contribution in [0.15, 0.2) is 36.4 Å². The number of carbonyl (C=O) groups is 2. The molecule has 1 aliphatic heterocycles. The molecule has 25 heavy (non-hydrogen) atoms. The molecule has 1 aliphatic rings. The molecule has 0 aliphatic carbocycles. The van der Waals surface area contributed by atoms with Crippen LogP contribution in [0.5, 0.6) is 0 Å². The molecule has 3 rings (SSSR count). The van der Waals surface area contributed by atoms with Crippen molar-refractivity contribution in [3.63, 3.8) is 0 Å². The maximum absolute atomic E-state index is 12.1. The third-order valence-electron chi connectivity index (χ3n) is 4.09. The van der Waals surface area contributed by atoms with E-state index in [2.05, 4.69) is 10.3 Å². The summed E-state index contributed by atoms with van der Waals surface area (Å²) in [4.78, 5) is 28.2. The summed E-state index contributed by atoms with van der Waals surface area (Å²) >= 11 is 0. The Morgan fingerprint density at radius 3 is 2.72 bits per heavy atom. The van der Waals surface area contributed by atoms with Crippen molar-refractivity contribution in [1.82, 2.24) is 10.3 Å². The molecule has 1 amide bonds. The number of benzene rings is 1. The van der Waals surface area contributed by atoms with Crippen LogP contribution in [0, 0.1) is 0 Å². The predicted octanol–water partition coefficient (Wildman–Crippen LogP) is 1.08. The third kappa shape index (κ3) is 4.14. The second-order valence-electron chi connectivity index (χ2n) is 6.42. The Labute approximate surface area is 145 Å². The Morgan fingerprint density at radius 1 is 1.24 bits per heavy atom. The lowest BCUT2D eigenvalue weighted by molar-refractivity contribution is -0.125. The Morgan fingerprint density at radius 2 is 2.00 bits per heavy atom. The monoisotopic (exact) mass is 362 g/mol. The summed E-state index contributed by atoms with van der Waals surface area (Å²) < 4.78 is 28.1. The Hall–Kier alpha value is -2.48. The number of fused-ring (bicyclic) bond motifs is 1. The fraction of sp³-hybridized carbons (Fsp3) is 0.353. The fourth-order valence-corrected chi connectivity index (χ4v) is 4.96. The summed E-state index contributed by atoms with van der Waals surface area (Å²) in [6.45, 7) is 1.19. The van der Waals surface area contributed by atoms with E-state index >= 15 is 0 Å². The van der Waals surface area contributed by atoms with Gasteiger partial charge in [0, 0.05) is 5.39 Å². The van der Waals surface area contributed by atoms with Gasteiger partial charge in [-0.1, -0.05) is 24.3 Å². The zero-order chi connectivity index (χ0) is 18.1. The van der Waals surface area contributed by atoms with Gasteiger partial charge in [-0.25, -0.2) is 18.2 Å². The number of nitrogens with one attached hydrogen (secondary N) is 1. The van der Waals surface area contributed by atoms with Gasteiger partial charge in [-0.2, -0.15) is 0 Å². The molecule has 7 nitrogen and oxygen atoms in total. The molecule has 1 fully saturated rings. The van der Waals surface area contributed by atoms with Crippen LogP contribution >= 0.6 is 0 Å². The first-order chi connectivity index (χ1) is 11.8. The van der Waals surface area contributed by atoms with Crippen LogP contribution < -0.4 is 5.32 Å². The molecule has 1 atom stereocenters. The lowest BCUT2D eigenvalue weighted by Crippen LogP contribution is -2.48. The van der Waals surface area contributed by atoms with Gasteiger partial charge in [0.2, 0.25) is 0 Å². The minimum atomic E-state index is -3.13. The molecule has 0 unspecified atom stereocenters. The number of para-hydroxylation sites is 1. The van der Waals surface area contributed by atoms with Crippen molar-refractivity contribution in [2.24, 2.45) is 0 Å². The van der Waals surface area contributed by atoms with Crippen LogP contribution in [0.1, 0.15) is 23.8 Å². The minimum Gasteiger partial charge on any atom is -0.451 e. The van der Waals surface area contributed by atoms with E-state index in [0.717, 1.165) is 5.39 Å². The molecule has 1 aromatic heterocycles. The quantitative estimate of drug-likeness (QED) is 0.817. The maximum Gasteiger partial charge on any atom is 0.357 e. The number of sulfone groups is 1. The topological polar surface area (TPSA) is 102 Å². The summed E-state index contributed by atoms with van der Waals surface area (Å²) in [6.07, 6.45) is 0.348. The van der Waals surface area contributed by atoms with E-state index < -0.39 is 33.9 Å². The molecular formula is C17H18N2O5S. The first-order valence-corrected chi connectivity index (χ1v) is 9.63. The van der Waals surface area contributed by atoms with Gasteiger partial charge in [-0.3, -0.25) is 4.79 Å². The van der Waals surface area contributed by atoms with E-state index in [1.54, 1.807) is 19.1 Å². The highest BCUT2D eigenvalue weighted by molar-refractivity contribution is 7.91. The van der Waals surface area contributed by atoms with Crippen molar-refractivity contribution < 1.29 is 22.7 Å². The lowest BCUT2D eigenvalue weighted by atomic mass is 10.0. The average Bonchev–Trinajstić information content (AvgIpc) is 2.85. The van der Waals surface area contributed by atoms with E-state index in [4.69, 9.17) is 4.74 Å². The highest BCUT2D eigenvalue weighted by atomic mass is 32.2. The molecule has 1 saturated heterocycles. The van der Waals surface area contributed by atoms with Crippen molar-refractivity contribution in [3.05, 3.63) is 42.1 Å². The van der Waals surface area contributed by atoms with Gasteiger partial charge in [0.05, 0.1) is 22.6 Å². The normalized spacial score (nSPS) is 21.8. The fourth-order valence-electron chi connectivity index (χ4n) is 2.87. The second kappa shape index (κ2) is 6.44. The number of esters is 1. The summed E-state index contributed by atoms with van der Waals surface area (Å²) in [7, 11) is -3.13. The summed E-state index contributed by atoms with van der Waals surface area (Å²) in [5, 5.41) is 3.53. The molecule has 132 valence electrons. The standard InChI is InChI=1S/C17H18N2O5S/c1-17(8-9-25(22,23)11-17)19-15(20)10-24-16(21)14-7-6-12-4-2-3-5-13(12)18-14/h2-7H,8-11H2,1H3,(H,19,20)/t17-/m1/s1. The molecule has 2 heterocycles. The summed E-state index contributed by atoms with van der Waals surface area (Å²) in [6, 6.07) is 10.6. The maximum atomic E-state index is 12.1. The Balaban J connectivity index is 1.59. The molecular weight excluding hydrogens is 344 g/mol. The van der Waals surface area contributed by atoms with Crippen LogP contribution in [-0.4, -0.2) is 48.9 Å². The molecule has 0 spiro atoms. The number of ether oxygens (including phenoxy) is 1. The first-order valence-electron chi connectivity index (χ1n) is 7.81. The number of pyridine rings is 1. The highest BCUT2D eigenvalue weighted by Gasteiger charge is 2.39. The van der Waals surface area contributed by atoms with E-state index in [0.29, 0.717) is 11.9 Å². The van der Waals surface area contributed by atoms with Gasteiger partial charge in [0.15, 0.2) is 16.4 Å². The molecule has 1 aromatic carbocycles. The van der Waals surface area contributed by atoms with Crippen molar-refractivity contribution in [1.29, 1.82) is 0 Å². The smallest absolute Gasteiger partial charge is 0.357 e. The van der Waals surface area contributed by atoms with E-state index in [1.807, 2.05) is 18.2 Å². The molecule has 0 radical (unpaired) electrons. The third-order valence-corrected chi connectivity index (χ3v) is 5.99.